The van der Waals surface area contributed by atoms with Crippen LogP contribution in [0.5, 0.6) is 0 Å². The molecule has 0 radical (unpaired) electrons. The van der Waals surface area contributed by atoms with E-state index in [2.05, 4.69) is 14.5 Å². The zero-order chi connectivity index (χ0) is 20.7. The molecule has 0 atom stereocenters. The lowest BCUT2D eigenvalue weighted by Gasteiger charge is -2.20. The van der Waals surface area contributed by atoms with Crippen molar-refractivity contribution in [2.75, 3.05) is 0 Å². The van der Waals surface area contributed by atoms with Crippen LogP contribution < -0.4 is 0 Å². The maximum atomic E-state index is 14.0. The molecule has 0 N–H and O–H groups in total. The van der Waals surface area contributed by atoms with E-state index in [1.54, 1.807) is 23.7 Å². The summed E-state index contributed by atoms with van der Waals surface area (Å²) in [4.78, 5) is 9.35. The molecule has 0 fully saturated rings. The molecule has 7 heteroatoms. The highest BCUT2D eigenvalue weighted by molar-refractivity contribution is 7.73. The average Bonchev–Trinajstić information content (AvgIpc) is 3.08. The largest absolute Gasteiger partial charge is 0.294 e. The SMILES string of the molecule is Fc1cncc(-c2cccc(-c3cncc(F)c3)c2-n2c3c(sc2=S)CCCC3)c1. The summed E-state index contributed by atoms with van der Waals surface area (Å²) in [6, 6.07) is 8.66. The van der Waals surface area contributed by atoms with Crippen LogP contribution in [0.2, 0.25) is 0 Å². The second kappa shape index (κ2) is 7.81. The summed E-state index contributed by atoms with van der Waals surface area (Å²) in [6.07, 6.45) is 9.83. The molecule has 3 heterocycles. The molecule has 0 amide bonds. The minimum atomic E-state index is -0.410. The molecular formula is C23H17F2N3S2. The minimum Gasteiger partial charge on any atom is -0.294 e. The third-order valence-electron chi connectivity index (χ3n) is 5.34. The van der Waals surface area contributed by atoms with E-state index >= 15 is 0 Å². The first-order valence-electron chi connectivity index (χ1n) is 9.70. The molecule has 5 rings (SSSR count). The van der Waals surface area contributed by atoms with Crippen LogP contribution in [0, 0.1) is 15.6 Å². The van der Waals surface area contributed by atoms with Crippen LogP contribution in [0.4, 0.5) is 8.78 Å². The third-order valence-corrected chi connectivity index (χ3v) is 6.82. The molecule has 0 unspecified atom stereocenters. The average molecular weight is 438 g/mol. The first-order chi connectivity index (χ1) is 14.6. The van der Waals surface area contributed by atoms with Gasteiger partial charge in [-0.15, -0.1) is 11.3 Å². The number of halogens is 2. The number of hydrogen-bond donors (Lipinski definition) is 0. The quantitative estimate of drug-likeness (QED) is 0.341. The lowest BCUT2D eigenvalue weighted by atomic mass is 9.96. The van der Waals surface area contributed by atoms with Gasteiger partial charge in [-0.1, -0.05) is 18.2 Å². The predicted molar refractivity (Wildman–Crippen MR) is 118 cm³/mol. The van der Waals surface area contributed by atoms with Crippen molar-refractivity contribution in [2.45, 2.75) is 25.7 Å². The standard InChI is InChI=1S/C23H17F2N3S2/c24-16-8-14(10-26-12-16)18-4-3-5-19(15-9-17(25)13-27-11-15)22(18)28-20-6-1-2-7-21(20)30-23(28)29/h3-5,8-13H,1-2,6-7H2. The molecule has 0 saturated heterocycles. The second-order valence-corrected chi connectivity index (χ2v) is 8.99. The predicted octanol–water partition coefficient (Wildman–Crippen LogP) is 6.55. The Morgan fingerprint density at radius 2 is 1.47 bits per heavy atom. The minimum absolute atomic E-state index is 0.410. The molecular weight excluding hydrogens is 420 g/mol. The van der Waals surface area contributed by atoms with Gasteiger partial charge in [-0.2, -0.15) is 0 Å². The first kappa shape index (κ1) is 19.2. The van der Waals surface area contributed by atoms with Crippen LogP contribution in [0.25, 0.3) is 27.9 Å². The fraction of sp³-hybridized carbons (Fsp3) is 0.174. The van der Waals surface area contributed by atoms with Crippen molar-refractivity contribution in [1.29, 1.82) is 0 Å². The molecule has 1 aliphatic rings. The maximum absolute atomic E-state index is 14.0. The number of rotatable bonds is 3. The Morgan fingerprint density at radius 1 is 0.867 bits per heavy atom. The van der Waals surface area contributed by atoms with Gasteiger partial charge in [0, 0.05) is 45.2 Å². The van der Waals surface area contributed by atoms with Crippen molar-refractivity contribution in [3.05, 3.63) is 81.3 Å². The van der Waals surface area contributed by atoms with Crippen molar-refractivity contribution in [2.24, 2.45) is 0 Å². The van der Waals surface area contributed by atoms with Gasteiger partial charge in [0.25, 0.3) is 0 Å². The molecule has 150 valence electrons. The Labute approximate surface area is 181 Å². The van der Waals surface area contributed by atoms with E-state index in [0.717, 1.165) is 46.5 Å². The van der Waals surface area contributed by atoms with Crippen LogP contribution >= 0.6 is 23.6 Å². The van der Waals surface area contributed by atoms with Gasteiger partial charge >= 0.3 is 0 Å². The van der Waals surface area contributed by atoms with Crippen molar-refractivity contribution in [1.82, 2.24) is 14.5 Å². The molecule has 0 aliphatic heterocycles. The smallest absolute Gasteiger partial charge is 0.166 e. The Bertz CT molecular complexity index is 1250. The summed E-state index contributed by atoms with van der Waals surface area (Å²) >= 11 is 7.40. The summed E-state index contributed by atoms with van der Waals surface area (Å²) in [5.41, 5.74) is 4.90. The number of para-hydroxylation sites is 1. The van der Waals surface area contributed by atoms with E-state index in [1.807, 2.05) is 18.2 Å². The van der Waals surface area contributed by atoms with Crippen LogP contribution in [-0.2, 0) is 12.8 Å². The summed E-state index contributed by atoms with van der Waals surface area (Å²) in [7, 11) is 0. The monoisotopic (exact) mass is 437 g/mol. The fourth-order valence-corrected chi connectivity index (χ4v) is 5.63. The van der Waals surface area contributed by atoms with E-state index in [9.17, 15) is 8.78 Å². The number of fused-ring (bicyclic) bond motifs is 1. The maximum Gasteiger partial charge on any atom is 0.166 e. The summed E-state index contributed by atoms with van der Waals surface area (Å²) in [5.74, 6) is -0.820. The highest BCUT2D eigenvalue weighted by Crippen LogP contribution is 2.40. The van der Waals surface area contributed by atoms with Gasteiger partial charge in [0.2, 0.25) is 0 Å². The molecule has 0 bridgehead atoms. The van der Waals surface area contributed by atoms with Crippen molar-refractivity contribution in [3.63, 3.8) is 0 Å². The number of benzene rings is 1. The number of aromatic nitrogens is 3. The van der Waals surface area contributed by atoms with Gasteiger partial charge in [-0.25, -0.2) is 8.78 Å². The second-order valence-electron chi connectivity index (χ2n) is 7.27. The number of hydrogen-bond acceptors (Lipinski definition) is 4. The molecule has 30 heavy (non-hydrogen) atoms. The number of pyridine rings is 2. The van der Waals surface area contributed by atoms with Crippen LogP contribution in [0.1, 0.15) is 23.4 Å². The normalized spacial score (nSPS) is 13.3. The van der Waals surface area contributed by atoms with Crippen LogP contribution in [0.3, 0.4) is 0 Å². The summed E-state index contributed by atoms with van der Waals surface area (Å²) in [6.45, 7) is 0. The highest BCUT2D eigenvalue weighted by atomic mass is 32.1. The molecule has 1 aliphatic carbocycles. The molecule has 1 aromatic carbocycles. The van der Waals surface area contributed by atoms with Gasteiger partial charge in [-0.3, -0.25) is 14.5 Å². The Kier molecular flexibility index (Phi) is 5.00. The number of nitrogens with zero attached hydrogens (tertiary/aromatic N) is 3. The van der Waals surface area contributed by atoms with Gasteiger partial charge < -0.3 is 0 Å². The first-order valence-corrected chi connectivity index (χ1v) is 10.9. The van der Waals surface area contributed by atoms with E-state index < -0.39 is 11.6 Å². The van der Waals surface area contributed by atoms with E-state index in [-0.39, 0.29) is 0 Å². The zero-order valence-corrected chi connectivity index (χ0v) is 17.6. The number of thiazole rings is 1. The van der Waals surface area contributed by atoms with Crippen molar-refractivity contribution < 1.29 is 8.78 Å². The Hall–Kier alpha value is -2.77. The van der Waals surface area contributed by atoms with Crippen molar-refractivity contribution in [3.8, 4) is 27.9 Å². The molecule has 3 aromatic heterocycles. The van der Waals surface area contributed by atoms with Crippen LogP contribution in [-0.4, -0.2) is 14.5 Å². The summed E-state index contributed by atoms with van der Waals surface area (Å²) in [5, 5.41) is 0. The topological polar surface area (TPSA) is 30.7 Å². The Morgan fingerprint density at radius 3 is 2.07 bits per heavy atom. The van der Waals surface area contributed by atoms with E-state index in [0.29, 0.717) is 11.1 Å². The number of aryl methyl sites for hydroxylation is 1. The Balaban J connectivity index is 1.86. The van der Waals surface area contributed by atoms with Gasteiger partial charge in [0.05, 0.1) is 18.1 Å². The summed E-state index contributed by atoms with van der Waals surface area (Å²) < 4.78 is 30.8. The lowest BCUT2D eigenvalue weighted by molar-refractivity contribution is 0.621. The van der Waals surface area contributed by atoms with Crippen molar-refractivity contribution >= 4 is 23.6 Å². The van der Waals surface area contributed by atoms with Crippen LogP contribution in [0.15, 0.2) is 55.1 Å². The van der Waals surface area contributed by atoms with Gasteiger partial charge in [0.15, 0.2) is 3.95 Å². The fourth-order valence-electron chi connectivity index (χ4n) is 4.06. The van der Waals surface area contributed by atoms with E-state index in [1.165, 1.54) is 35.1 Å². The molecule has 4 aromatic rings. The highest BCUT2D eigenvalue weighted by Gasteiger charge is 2.23. The molecule has 0 spiro atoms. The lowest BCUT2D eigenvalue weighted by Crippen LogP contribution is -2.09. The van der Waals surface area contributed by atoms with Gasteiger partial charge in [0.1, 0.15) is 11.6 Å². The zero-order valence-electron chi connectivity index (χ0n) is 15.9. The van der Waals surface area contributed by atoms with E-state index in [4.69, 9.17) is 12.2 Å². The molecule has 3 nitrogen and oxygen atoms in total. The third kappa shape index (κ3) is 3.38. The molecule has 0 saturated carbocycles. The van der Waals surface area contributed by atoms with Gasteiger partial charge in [-0.05, 0) is 50.0 Å².